The highest BCUT2D eigenvalue weighted by Gasteiger charge is 2.33. The van der Waals surface area contributed by atoms with E-state index in [0.717, 1.165) is 34.8 Å². The number of thioether (sulfide) groups is 1. The largest absolute Gasteiger partial charge is 0.496 e. The average molecular weight is 566 g/mol. The third-order valence-electron chi connectivity index (χ3n) is 6.65. The minimum absolute atomic E-state index is 0.213. The second-order valence-electron chi connectivity index (χ2n) is 9.41. The molecule has 0 N–H and O–H groups in total. The molecule has 0 unspecified atom stereocenters. The van der Waals surface area contributed by atoms with Crippen LogP contribution in [0.1, 0.15) is 51.8 Å². The maximum Gasteiger partial charge on any atom is 0.338 e. The molecule has 0 amide bonds. The van der Waals surface area contributed by atoms with Crippen molar-refractivity contribution in [2.75, 3.05) is 31.4 Å². The summed E-state index contributed by atoms with van der Waals surface area (Å²) in [5.74, 6) is 0.222. The van der Waals surface area contributed by atoms with Gasteiger partial charge in [0.15, 0.2) is 4.80 Å². The van der Waals surface area contributed by atoms with Crippen molar-refractivity contribution < 1.29 is 14.3 Å². The third-order valence-corrected chi connectivity index (χ3v) is 8.37. The van der Waals surface area contributed by atoms with Gasteiger partial charge in [-0.1, -0.05) is 23.5 Å². The van der Waals surface area contributed by atoms with Gasteiger partial charge in [-0.2, -0.15) is 0 Å². The first-order valence-corrected chi connectivity index (χ1v) is 15.1. The zero-order valence-electron chi connectivity index (χ0n) is 23.5. The van der Waals surface area contributed by atoms with Gasteiger partial charge in [0, 0.05) is 35.3 Å². The van der Waals surface area contributed by atoms with E-state index in [4.69, 9.17) is 9.47 Å². The molecule has 2 heterocycles. The Labute approximate surface area is 237 Å². The summed E-state index contributed by atoms with van der Waals surface area (Å²) < 4.78 is 13.4. The SMILES string of the molecule is CCN(CC)c1ccc(/C=c2\sc3n(c2=O)[C@@H](c2ccc(SC)cc2)C(C(=O)OC(C)C)=C(C)N=3)c(OC)c1. The van der Waals surface area contributed by atoms with Crippen molar-refractivity contribution in [2.24, 2.45) is 4.99 Å². The number of carbonyl (C=O) groups excluding carboxylic acids is 1. The van der Waals surface area contributed by atoms with Crippen LogP contribution in [0, 0.1) is 0 Å². The molecule has 3 aromatic rings. The number of nitrogens with zero attached hydrogens (tertiary/aromatic N) is 3. The van der Waals surface area contributed by atoms with Gasteiger partial charge in [-0.15, -0.1) is 11.8 Å². The van der Waals surface area contributed by atoms with Crippen molar-refractivity contribution in [1.82, 2.24) is 4.57 Å². The highest BCUT2D eigenvalue weighted by Crippen LogP contribution is 2.32. The minimum atomic E-state index is -0.641. The number of rotatable bonds is 9. The minimum Gasteiger partial charge on any atom is -0.496 e. The Morgan fingerprint density at radius 2 is 1.87 bits per heavy atom. The number of allylic oxidation sites excluding steroid dienone is 1. The van der Waals surface area contributed by atoms with Gasteiger partial charge >= 0.3 is 5.97 Å². The van der Waals surface area contributed by atoms with Crippen LogP contribution in [-0.2, 0) is 9.53 Å². The summed E-state index contributed by atoms with van der Waals surface area (Å²) in [6.45, 7) is 11.4. The second kappa shape index (κ2) is 12.3. The van der Waals surface area contributed by atoms with Crippen molar-refractivity contribution in [3.8, 4) is 5.75 Å². The van der Waals surface area contributed by atoms with Gasteiger partial charge < -0.3 is 14.4 Å². The lowest BCUT2D eigenvalue weighted by Gasteiger charge is -2.25. The van der Waals surface area contributed by atoms with Crippen LogP contribution in [0.4, 0.5) is 5.69 Å². The number of anilines is 1. The fourth-order valence-corrected chi connectivity index (χ4v) is 6.15. The predicted molar refractivity (Wildman–Crippen MR) is 160 cm³/mol. The Hall–Kier alpha value is -3.30. The summed E-state index contributed by atoms with van der Waals surface area (Å²) in [6.07, 6.45) is 3.55. The second-order valence-corrected chi connectivity index (χ2v) is 11.3. The van der Waals surface area contributed by atoms with E-state index in [1.165, 1.54) is 11.3 Å². The zero-order valence-corrected chi connectivity index (χ0v) is 25.1. The molecule has 206 valence electrons. The van der Waals surface area contributed by atoms with E-state index in [9.17, 15) is 9.59 Å². The van der Waals surface area contributed by atoms with Gasteiger partial charge in [0.1, 0.15) is 5.75 Å². The molecule has 1 aliphatic heterocycles. The predicted octanol–water partition coefficient (Wildman–Crippen LogP) is 4.76. The highest BCUT2D eigenvalue weighted by molar-refractivity contribution is 7.98. The highest BCUT2D eigenvalue weighted by atomic mass is 32.2. The van der Waals surface area contributed by atoms with Crippen LogP contribution in [0.15, 0.2) is 68.4 Å². The Kier molecular flexibility index (Phi) is 9.02. The number of hydrogen-bond donors (Lipinski definition) is 0. The Morgan fingerprint density at radius 3 is 2.46 bits per heavy atom. The van der Waals surface area contributed by atoms with E-state index >= 15 is 0 Å². The van der Waals surface area contributed by atoms with Crippen molar-refractivity contribution in [1.29, 1.82) is 0 Å². The molecule has 0 radical (unpaired) electrons. The lowest BCUT2D eigenvalue weighted by Crippen LogP contribution is -2.40. The number of esters is 1. The van der Waals surface area contributed by atoms with Crippen LogP contribution in [0.25, 0.3) is 6.08 Å². The molecular weight excluding hydrogens is 530 g/mol. The molecular formula is C30H35N3O4S2. The maximum atomic E-state index is 13.9. The van der Waals surface area contributed by atoms with E-state index in [-0.39, 0.29) is 11.7 Å². The van der Waals surface area contributed by atoms with Crippen LogP contribution in [-0.4, -0.2) is 43.1 Å². The van der Waals surface area contributed by atoms with Crippen LogP contribution >= 0.6 is 23.1 Å². The molecule has 1 aromatic heterocycles. The number of benzene rings is 2. The standard InChI is InChI=1S/C30H35N3O4S2/c1-8-32(9-2)22-13-10-21(24(17-22)36-6)16-25-28(34)33-27(20-11-14-23(38-7)15-12-20)26(29(35)37-18(3)4)19(5)31-30(33)39-25/h10-18,27H,8-9H2,1-7H3/b25-16-/t27-/m0/s1. The fourth-order valence-electron chi connectivity index (χ4n) is 4.71. The molecule has 1 aliphatic rings. The van der Waals surface area contributed by atoms with Gasteiger partial charge in [-0.3, -0.25) is 9.36 Å². The van der Waals surface area contributed by atoms with E-state index < -0.39 is 12.0 Å². The average Bonchev–Trinajstić information content (AvgIpc) is 3.22. The van der Waals surface area contributed by atoms with E-state index in [1.54, 1.807) is 30.4 Å². The van der Waals surface area contributed by atoms with Gasteiger partial charge in [0.05, 0.1) is 35.1 Å². The molecule has 9 heteroatoms. The Bertz CT molecular complexity index is 1560. The lowest BCUT2D eigenvalue weighted by molar-refractivity contribution is -0.143. The molecule has 7 nitrogen and oxygen atoms in total. The number of hydrogen-bond acceptors (Lipinski definition) is 8. The number of carbonyl (C=O) groups is 1. The van der Waals surface area contributed by atoms with Gasteiger partial charge in [0.25, 0.3) is 5.56 Å². The van der Waals surface area contributed by atoms with Crippen molar-refractivity contribution in [3.63, 3.8) is 0 Å². The maximum absolute atomic E-state index is 13.9. The summed E-state index contributed by atoms with van der Waals surface area (Å²) in [4.78, 5) is 35.8. The van der Waals surface area contributed by atoms with E-state index in [2.05, 4.69) is 23.7 Å². The van der Waals surface area contributed by atoms with Crippen molar-refractivity contribution in [2.45, 2.75) is 51.7 Å². The topological polar surface area (TPSA) is 73.1 Å². The molecule has 2 aromatic carbocycles. The molecule has 0 fully saturated rings. The van der Waals surface area contributed by atoms with E-state index in [0.29, 0.717) is 26.4 Å². The summed E-state index contributed by atoms with van der Waals surface area (Å²) in [5, 5.41) is 0. The number of thiazole rings is 1. The van der Waals surface area contributed by atoms with Crippen molar-refractivity contribution >= 4 is 40.8 Å². The van der Waals surface area contributed by atoms with Crippen LogP contribution in [0.3, 0.4) is 0 Å². The Balaban J connectivity index is 1.89. The Morgan fingerprint density at radius 1 is 1.18 bits per heavy atom. The summed E-state index contributed by atoms with van der Waals surface area (Å²) in [7, 11) is 1.63. The molecule has 0 aliphatic carbocycles. The number of aromatic nitrogens is 1. The monoisotopic (exact) mass is 565 g/mol. The van der Waals surface area contributed by atoms with Crippen LogP contribution in [0.5, 0.6) is 5.75 Å². The summed E-state index contributed by atoms with van der Waals surface area (Å²) >= 11 is 2.94. The fraction of sp³-hybridized carbons (Fsp3) is 0.367. The van der Waals surface area contributed by atoms with Gasteiger partial charge in [0.2, 0.25) is 0 Å². The normalized spacial score (nSPS) is 15.3. The van der Waals surface area contributed by atoms with E-state index in [1.807, 2.05) is 68.6 Å². The molecule has 39 heavy (non-hydrogen) atoms. The molecule has 0 saturated carbocycles. The zero-order chi connectivity index (χ0) is 28.3. The first-order chi connectivity index (χ1) is 18.7. The van der Waals surface area contributed by atoms with Gasteiger partial charge in [-0.05, 0) is 76.8 Å². The molecule has 4 rings (SSSR count). The summed E-state index contributed by atoms with van der Waals surface area (Å²) in [5.41, 5.74) is 3.40. The smallest absolute Gasteiger partial charge is 0.338 e. The molecule has 1 atom stereocenters. The number of ether oxygens (including phenoxy) is 2. The van der Waals surface area contributed by atoms with Crippen molar-refractivity contribution in [3.05, 3.63) is 84.5 Å². The number of fused-ring (bicyclic) bond motifs is 1. The van der Waals surface area contributed by atoms with Gasteiger partial charge in [-0.25, -0.2) is 9.79 Å². The summed E-state index contributed by atoms with van der Waals surface area (Å²) in [6, 6.07) is 13.3. The first-order valence-electron chi connectivity index (χ1n) is 13.0. The molecule has 0 spiro atoms. The lowest BCUT2D eigenvalue weighted by atomic mass is 9.96. The molecule has 0 saturated heterocycles. The van der Waals surface area contributed by atoms with Crippen LogP contribution in [0.2, 0.25) is 0 Å². The first kappa shape index (κ1) is 28.7. The molecule has 0 bridgehead atoms. The third kappa shape index (κ3) is 5.84. The number of methoxy groups -OCH3 is 1. The van der Waals surface area contributed by atoms with Crippen LogP contribution < -0.4 is 24.5 Å². The quantitative estimate of drug-likeness (QED) is 0.275.